The number of carbonyl (C=O) groups excluding carboxylic acids is 1. The molecule has 1 unspecified atom stereocenters. The maximum atomic E-state index is 11.0. The zero-order valence-corrected chi connectivity index (χ0v) is 8.41. The molecule has 0 bridgehead atoms. The van der Waals surface area contributed by atoms with E-state index in [1.54, 1.807) is 18.2 Å². The molecule has 1 rings (SSSR count). The average Bonchev–Trinajstić information content (AvgIpc) is 2.10. The molecule has 0 aromatic heterocycles. The molecule has 0 aliphatic heterocycles. The van der Waals surface area contributed by atoms with Gasteiger partial charge in [0.15, 0.2) is 5.78 Å². The third kappa shape index (κ3) is 1.64. The van der Waals surface area contributed by atoms with Crippen LogP contribution in [0.25, 0.3) is 0 Å². The van der Waals surface area contributed by atoms with Crippen molar-refractivity contribution in [1.82, 2.24) is 0 Å². The van der Waals surface area contributed by atoms with Gasteiger partial charge in [0.1, 0.15) is 6.07 Å². The first-order chi connectivity index (χ1) is 5.61. The fraction of sp³-hybridized carbons (Fsp3) is 0.111. The summed E-state index contributed by atoms with van der Waals surface area (Å²) in [4.78, 5) is 11.0. The molecule has 0 radical (unpaired) electrons. The lowest BCUT2D eigenvalue weighted by Crippen LogP contribution is -2.17. The van der Waals surface area contributed by atoms with E-state index in [0.29, 0.717) is 0 Å². The molecule has 0 aromatic carbocycles. The highest BCUT2D eigenvalue weighted by atomic mass is 127. The quantitative estimate of drug-likeness (QED) is 0.415. The standard InChI is InChI=1S/C9H6INO/c1-2-9(10)4-3-8(12)7(5-9)6-11/h2-5H,1H2. The maximum Gasteiger partial charge on any atom is 0.195 e. The molecule has 0 N–H and O–H groups in total. The molecule has 1 atom stereocenters. The minimum Gasteiger partial charge on any atom is -0.289 e. The van der Waals surface area contributed by atoms with Gasteiger partial charge in [-0.2, -0.15) is 5.26 Å². The molecule has 1 aliphatic carbocycles. The van der Waals surface area contributed by atoms with E-state index >= 15 is 0 Å². The van der Waals surface area contributed by atoms with Crippen LogP contribution in [-0.2, 0) is 4.79 Å². The first kappa shape index (κ1) is 9.20. The van der Waals surface area contributed by atoms with Gasteiger partial charge in [-0.25, -0.2) is 0 Å². The normalized spacial score (nSPS) is 27.7. The Bertz CT molecular complexity index is 335. The van der Waals surface area contributed by atoms with Crippen molar-refractivity contribution >= 4 is 28.4 Å². The Morgan fingerprint density at radius 2 is 2.42 bits per heavy atom. The number of hydrogen-bond acceptors (Lipinski definition) is 2. The number of nitriles is 1. The van der Waals surface area contributed by atoms with E-state index in [0.717, 1.165) is 0 Å². The Morgan fingerprint density at radius 3 is 2.92 bits per heavy atom. The molecule has 0 heterocycles. The van der Waals surface area contributed by atoms with Gasteiger partial charge < -0.3 is 0 Å². The van der Waals surface area contributed by atoms with Crippen molar-refractivity contribution in [2.75, 3.05) is 0 Å². The fourth-order valence-corrected chi connectivity index (χ4v) is 1.34. The highest BCUT2D eigenvalue weighted by molar-refractivity contribution is 14.1. The molecule has 12 heavy (non-hydrogen) atoms. The second-order valence-electron chi connectivity index (χ2n) is 2.40. The van der Waals surface area contributed by atoms with Crippen molar-refractivity contribution in [1.29, 1.82) is 5.26 Å². The minimum absolute atomic E-state index is 0.187. The van der Waals surface area contributed by atoms with E-state index in [1.165, 1.54) is 6.08 Å². The van der Waals surface area contributed by atoms with Crippen molar-refractivity contribution in [2.45, 2.75) is 3.42 Å². The number of halogens is 1. The summed E-state index contributed by atoms with van der Waals surface area (Å²) >= 11 is 2.12. The van der Waals surface area contributed by atoms with E-state index in [9.17, 15) is 4.79 Å². The van der Waals surface area contributed by atoms with Crippen LogP contribution in [0.5, 0.6) is 0 Å². The highest BCUT2D eigenvalue weighted by Gasteiger charge is 2.23. The van der Waals surface area contributed by atoms with Crippen LogP contribution < -0.4 is 0 Å². The molecular formula is C9H6INO. The van der Waals surface area contributed by atoms with Gasteiger partial charge in [-0.1, -0.05) is 34.7 Å². The summed E-state index contributed by atoms with van der Waals surface area (Å²) in [7, 11) is 0. The van der Waals surface area contributed by atoms with Gasteiger partial charge in [0.05, 0.1) is 8.99 Å². The largest absolute Gasteiger partial charge is 0.289 e. The Balaban J connectivity index is 3.12. The van der Waals surface area contributed by atoms with Gasteiger partial charge in [-0.15, -0.1) is 6.58 Å². The molecule has 60 valence electrons. The molecule has 0 aromatic rings. The SMILES string of the molecule is C=CC1(I)C=CC(=O)C(C#N)=C1. The summed E-state index contributed by atoms with van der Waals surface area (Å²) in [5.41, 5.74) is 0.187. The van der Waals surface area contributed by atoms with Crippen molar-refractivity contribution < 1.29 is 4.79 Å². The maximum absolute atomic E-state index is 11.0. The first-order valence-corrected chi connectivity index (χ1v) is 4.38. The van der Waals surface area contributed by atoms with E-state index in [4.69, 9.17) is 5.26 Å². The summed E-state index contributed by atoms with van der Waals surface area (Å²) in [5, 5.41) is 8.58. The third-order valence-corrected chi connectivity index (χ3v) is 2.67. The van der Waals surface area contributed by atoms with Crippen molar-refractivity contribution in [2.24, 2.45) is 0 Å². The van der Waals surface area contributed by atoms with Gasteiger partial charge in [-0.05, 0) is 12.2 Å². The van der Waals surface area contributed by atoms with Crippen LogP contribution in [0.4, 0.5) is 0 Å². The summed E-state index contributed by atoms with van der Waals surface area (Å²) in [6, 6.07) is 1.85. The van der Waals surface area contributed by atoms with Crippen LogP contribution in [0.15, 0.2) is 36.5 Å². The van der Waals surface area contributed by atoms with E-state index in [1.807, 2.05) is 6.07 Å². The lowest BCUT2D eigenvalue weighted by Gasteiger charge is -2.17. The number of ketones is 1. The first-order valence-electron chi connectivity index (χ1n) is 3.30. The summed E-state index contributed by atoms with van der Waals surface area (Å²) in [5.74, 6) is -0.230. The predicted molar refractivity (Wildman–Crippen MR) is 54.8 cm³/mol. The molecule has 0 fully saturated rings. The Kier molecular flexibility index (Phi) is 2.48. The Morgan fingerprint density at radius 1 is 1.75 bits per heavy atom. The van der Waals surface area contributed by atoms with Crippen LogP contribution in [-0.4, -0.2) is 9.20 Å². The molecule has 1 aliphatic rings. The van der Waals surface area contributed by atoms with Crippen molar-refractivity contribution in [3.63, 3.8) is 0 Å². The zero-order chi connectivity index (χ0) is 9.19. The van der Waals surface area contributed by atoms with Gasteiger partial charge in [0.25, 0.3) is 0 Å². The zero-order valence-electron chi connectivity index (χ0n) is 6.25. The smallest absolute Gasteiger partial charge is 0.195 e. The molecule has 0 spiro atoms. The van der Waals surface area contributed by atoms with Crippen molar-refractivity contribution in [3.8, 4) is 6.07 Å². The molecule has 2 nitrogen and oxygen atoms in total. The average molecular weight is 271 g/mol. The van der Waals surface area contributed by atoms with Gasteiger partial charge in [0.2, 0.25) is 0 Å². The number of rotatable bonds is 1. The van der Waals surface area contributed by atoms with Crippen molar-refractivity contribution in [3.05, 3.63) is 36.5 Å². The monoisotopic (exact) mass is 271 g/mol. The lowest BCUT2D eigenvalue weighted by molar-refractivity contribution is -0.111. The van der Waals surface area contributed by atoms with Crippen LogP contribution in [0.2, 0.25) is 0 Å². The highest BCUT2D eigenvalue weighted by Crippen LogP contribution is 2.28. The van der Waals surface area contributed by atoms with E-state index in [-0.39, 0.29) is 14.8 Å². The van der Waals surface area contributed by atoms with Crippen LogP contribution >= 0.6 is 22.6 Å². The van der Waals surface area contributed by atoms with E-state index < -0.39 is 0 Å². The number of carbonyl (C=O) groups is 1. The van der Waals surface area contributed by atoms with E-state index in [2.05, 4.69) is 29.2 Å². The second kappa shape index (κ2) is 3.23. The minimum atomic E-state index is -0.378. The van der Waals surface area contributed by atoms with Gasteiger partial charge >= 0.3 is 0 Å². The molecule has 0 saturated carbocycles. The lowest BCUT2D eigenvalue weighted by atomic mass is 9.97. The van der Waals surface area contributed by atoms with Crippen LogP contribution in [0.1, 0.15) is 0 Å². The summed E-state index contributed by atoms with van der Waals surface area (Å²) in [6.45, 7) is 3.63. The molecular weight excluding hydrogens is 265 g/mol. The third-order valence-electron chi connectivity index (χ3n) is 1.55. The number of allylic oxidation sites excluding steroid dienone is 5. The molecule has 0 saturated heterocycles. The Hall–Kier alpha value is -0.890. The number of alkyl halides is 1. The summed E-state index contributed by atoms with van der Waals surface area (Å²) in [6.07, 6.45) is 6.44. The summed E-state index contributed by atoms with van der Waals surface area (Å²) < 4.78 is -0.378. The Labute approximate surface area is 84.4 Å². The van der Waals surface area contributed by atoms with Crippen LogP contribution in [0, 0.1) is 11.3 Å². The molecule has 3 heteroatoms. The van der Waals surface area contributed by atoms with Gasteiger partial charge in [-0.3, -0.25) is 4.79 Å². The predicted octanol–water partition coefficient (Wildman–Crippen LogP) is 1.94. The molecule has 0 amide bonds. The van der Waals surface area contributed by atoms with Gasteiger partial charge in [0, 0.05) is 0 Å². The fourth-order valence-electron chi connectivity index (χ4n) is 0.848. The topological polar surface area (TPSA) is 40.9 Å². The second-order valence-corrected chi connectivity index (χ2v) is 4.27. The van der Waals surface area contributed by atoms with Crippen LogP contribution in [0.3, 0.4) is 0 Å². The number of nitrogens with zero attached hydrogens (tertiary/aromatic N) is 1. The number of hydrogen-bond donors (Lipinski definition) is 0.